The molecule has 6 nitrogen and oxygen atoms in total. The van der Waals surface area contributed by atoms with E-state index in [9.17, 15) is 0 Å². The van der Waals surface area contributed by atoms with Crippen LogP contribution in [0.15, 0.2) is 67.6 Å². The number of thiophene rings is 1. The number of nitrogens with one attached hydrogen (secondary N) is 2. The fourth-order valence-corrected chi connectivity index (χ4v) is 5.12. The summed E-state index contributed by atoms with van der Waals surface area (Å²) in [7, 11) is 0. The van der Waals surface area contributed by atoms with Gasteiger partial charge in [-0.3, -0.25) is 10.1 Å². The van der Waals surface area contributed by atoms with Crippen LogP contribution in [0, 0.1) is 0 Å². The summed E-state index contributed by atoms with van der Waals surface area (Å²) in [5.41, 5.74) is 9.44. The monoisotopic (exact) mass is 462 g/mol. The molecule has 0 unspecified atom stereocenters. The average Bonchev–Trinajstić information content (AvgIpc) is 3.61. The molecular weight excluding hydrogens is 440 g/mol. The normalized spacial score (nSPS) is 11.5. The maximum atomic E-state index is 4.95. The molecular formula is C27H22N6S. The summed E-state index contributed by atoms with van der Waals surface area (Å²) in [6, 6.07) is 14.6. The van der Waals surface area contributed by atoms with Gasteiger partial charge in [0, 0.05) is 44.9 Å². The first-order chi connectivity index (χ1) is 16.6. The van der Waals surface area contributed by atoms with Crippen LogP contribution in [-0.2, 0) is 6.42 Å². The molecule has 0 aliphatic carbocycles. The molecule has 0 spiro atoms. The molecule has 0 amide bonds. The van der Waals surface area contributed by atoms with E-state index in [1.54, 1.807) is 11.3 Å². The van der Waals surface area contributed by atoms with Crippen LogP contribution in [0.25, 0.3) is 60.7 Å². The van der Waals surface area contributed by atoms with Gasteiger partial charge in [-0.15, -0.1) is 11.3 Å². The molecule has 0 aromatic carbocycles. The number of aromatic amines is 2. The third-order valence-corrected chi connectivity index (χ3v) is 7.27. The largest absolute Gasteiger partial charge is 0.338 e. The highest BCUT2D eigenvalue weighted by Crippen LogP contribution is 2.37. The Kier molecular flexibility index (Phi) is 4.85. The van der Waals surface area contributed by atoms with Gasteiger partial charge in [-0.25, -0.2) is 9.97 Å². The SMILES string of the molecule is C=C(C)c1ccc(-c2ccnc3[nH]c(-c4n[nH]c5ccc(-c6cncc(CC)c6)nc45)cc23)s1. The smallest absolute Gasteiger partial charge is 0.138 e. The van der Waals surface area contributed by atoms with Gasteiger partial charge in [-0.1, -0.05) is 13.5 Å². The molecule has 6 rings (SSSR count). The number of nitrogens with zero attached hydrogens (tertiary/aromatic N) is 4. The van der Waals surface area contributed by atoms with E-state index in [2.05, 4.69) is 69.0 Å². The minimum atomic E-state index is 0.772. The second-order valence-electron chi connectivity index (χ2n) is 8.35. The first-order valence-corrected chi connectivity index (χ1v) is 12.0. The Morgan fingerprint density at radius 3 is 2.82 bits per heavy atom. The molecule has 6 aromatic rings. The van der Waals surface area contributed by atoms with Crippen molar-refractivity contribution in [3.63, 3.8) is 0 Å². The fourth-order valence-electron chi connectivity index (χ4n) is 4.15. The highest BCUT2D eigenvalue weighted by atomic mass is 32.1. The van der Waals surface area contributed by atoms with Crippen LogP contribution >= 0.6 is 11.3 Å². The average molecular weight is 463 g/mol. The van der Waals surface area contributed by atoms with Gasteiger partial charge in [0.2, 0.25) is 0 Å². The third-order valence-electron chi connectivity index (χ3n) is 5.99. The lowest BCUT2D eigenvalue weighted by atomic mass is 10.1. The standard InChI is InChI=1S/C27H22N6S/c1-4-16-11-17(14-28-13-16)20-5-6-21-25(30-20)26(33-32-21)22-12-19-18(9-10-29-27(19)31-22)24-8-7-23(34-24)15(2)3/h5-14H,2,4H2,1,3H3,(H,29,31)(H,32,33). The number of pyridine rings is 3. The van der Waals surface area contributed by atoms with Crippen molar-refractivity contribution in [3.05, 3.63) is 78.1 Å². The molecule has 0 radical (unpaired) electrons. The van der Waals surface area contributed by atoms with Gasteiger partial charge in [0.15, 0.2) is 0 Å². The zero-order chi connectivity index (χ0) is 23.2. The highest BCUT2D eigenvalue weighted by molar-refractivity contribution is 7.16. The maximum absolute atomic E-state index is 4.95. The zero-order valence-corrected chi connectivity index (χ0v) is 19.7. The van der Waals surface area contributed by atoms with Crippen molar-refractivity contribution in [2.45, 2.75) is 20.3 Å². The Morgan fingerprint density at radius 2 is 2.00 bits per heavy atom. The summed E-state index contributed by atoms with van der Waals surface area (Å²) in [5.74, 6) is 0. The Labute approximate surface area is 200 Å². The van der Waals surface area contributed by atoms with E-state index < -0.39 is 0 Å². The van der Waals surface area contributed by atoms with Crippen LogP contribution in [0.3, 0.4) is 0 Å². The van der Waals surface area contributed by atoms with E-state index in [4.69, 9.17) is 4.98 Å². The Hall–Kier alpha value is -4.10. The van der Waals surface area contributed by atoms with Crippen LogP contribution in [0.5, 0.6) is 0 Å². The van der Waals surface area contributed by atoms with Crippen molar-refractivity contribution >= 4 is 39.0 Å². The molecule has 0 aliphatic heterocycles. The number of aromatic nitrogens is 6. The van der Waals surface area contributed by atoms with Crippen LogP contribution in [0.1, 0.15) is 24.3 Å². The summed E-state index contributed by atoms with van der Waals surface area (Å²) >= 11 is 1.74. The molecule has 0 atom stereocenters. The topological polar surface area (TPSA) is 83.1 Å². The predicted molar refractivity (Wildman–Crippen MR) is 140 cm³/mol. The molecule has 0 bridgehead atoms. The van der Waals surface area contributed by atoms with Crippen molar-refractivity contribution in [1.82, 2.24) is 30.1 Å². The minimum absolute atomic E-state index is 0.772. The summed E-state index contributed by atoms with van der Waals surface area (Å²) in [4.78, 5) is 19.7. The lowest BCUT2D eigenvalue weighted by Gasteiger charge is -2.03. The molecule has 0 fully saturated rings. The number of H-pyrrole nitrogens is 2. The van der Waals surface area contributed by atoms with Gasteiger partial charge in [-0.2, -0.15) is 5.10 Å². The van der Waals surface area contributed by atoms with E-state index in [0.717, 1.165) is 62.3 Å². The number of allylic oxidation sites excluding steroid dienone is 1. The van der Waals surface area contributed by atoms with Crippen molar-refractivity contribution in [3.8, 4) is 33.1 Å². The highest BCUT2D eigenvalue weighted by Gasteiger charge is 2.16. The molecule has 7 heteroatoms. The van der Waals surface area contributed by atoms with Crippen LogP contribution in [-0.4, -0.2) is 30.1 Å². The third kappa shape index (κ3) is 3.41. The number of fused-ring (bicyclic) bond motifs is 2. The molecule has 2 N–H and O–H groups in total. The lowest BCUT2D eigenvalue weighted by molar-refractivity contribution is 1.10. The van der Waals surface area contributed by atoms with Crippen molar-refractivity contribution in [1.29, 1.82) is 0 Å². The first kappa shape index (κ1) is 20.5. The first-order valence-electron chi connectivity index (χ1n) is 11.1. The Morgan fingerprint density at radius 1 is 1.09 bits per heavy atom. The molecule has 0 saturated heterocycles. The molecule has 0 aliphatic rings. The van der Waals surface area contributed by atoms with E-state index in [1.807, 2.05) is 37.6 Å². The molecule has 6 heterocycles. The molecule has 0 saturated carbocycles. The van der Waals surface area contributed by atoms with Gasteiger partial charge >= 0.3 is 0 Å². The van der Waals surface area contributed by atoms with Crippen LogP contribution in [0.4, 0.5) is 0 Å². The predicted octanol–water partition coefficient (Wildman–Crippen LogP) is 6.89. The summed E-state index contributed by atoms with van der Waals surface area (Å²) in [6.45, 7) is 8.23. The summed E-state index contributed by atoms with van der Waals surface area (Å²) in [5, 5.41) is 8.76. The fraction of sp³-hybridized carbons (Fsp3) is 0.111. The Bertz CT molecular complexity index is 1690. The zero-order valence-electron chi connectivity index (χ0n) is 18.9. The number of hydrogen-bond donors (Lipinski definition) is 2. The second-order valence-corrected chi connectivity index (χ2v) is 9.43. The van der Waals surface area contributed by atoms with Crippen molar-refractivity contribution in [2.24, 2.45) is 0 Å². The molecule has 166 valence electrons. The van der Waals surface area contributed by atoms with E-state index >= 15 is 0 Å². The minimum Gasteiger partial charge on any atom is -0.338 e. The quantitative estimate of drug-likeness (QED) is 0.292. The van der Waals surface area contributed by atoms with Crippen molar-refractivity contribution < 1.29 is 0 Å². The van der Waals surface area contributed by atoms with Gasteiger partial charge in [0.1, 0.15) is 16.9 Å². The summed E-state index contributed by atoms with van der Waals surface area (Å²) in [6.07, 6.45) is 6.52. The number of rotatable bonds is 5. The van der Waals surface area contributed by atoms with Gasteiger partial charge < -0.3 is 4.98 Å². The second kappa shape index (κ2) is 8.04. The van der Waals surface area contributed by atoms with Gasteiger partial charge in [0.05, 0.1) is 16.9 Å². The van der Waals surface area contributed by atoms with Crippen LogP contribution < -0.4 is 0 Å². The summed E-state index contributed by atoms with van der Waals surface area (Å²) < 4.78 is 0. The maximum Gasteiger partial charge on any atom is 0.138 e. The van der Waals surface area contributed by atoms with Crippen molar-refractivity contribution in [2.75, 3.05) is 0 Å². The van der Waals surface area contributed by atoms with Gasteiger partial charge in [-0.05, 0) is 66.9 Å². The van der Waals surface area contributed by atoms with E-state index in [1.165, 1.54) is 15.3 Å². The number of aryl methyl sites for hydroxylation is 1. The molecule has 34 heavy (non-hydrogen) atoms. The van der Waals surface area contributed by atoms with Gasteiger partial charge in [0.25, 0.3) is 0 Å². The Balaban J connectivity index is 1.47. The number of hydrogen-bond acceptors (Lipinski definition) is 5. The van der Waals surface area contributed by atoms with Crippen LogP contribution in [0.2, 0.25) is 0 Å². The van der Waals surface area contributed by atoms with E-state index in [-0.39, 0.29) is 0 Å². The lowest BCUT2D eigenvalue weighted by Crippen LogP contribution is -1.89. The molecule has 6 aromatic heterocycles. The van der Waals surface area contributed by atoms with E-state index in [0.29, 0.717) is 0 Å².